The molecule has 0 saturated carbocycles. The van der Waals surface area contributed by atoms with Crippen LogP contribution in [0.3, 0.4) is 0 Å². The third-order valence-corrected chi connectivity index (χ3v) is 6.23. The lowest BCUT2D eigenvalue weighted by Gasteiger charge is -2.34. The van der Waals surface area contributed by atoms with Crippen LogP contribution in [-0.2, 0) is 19.4 Å². The van der Waals surface area contributed by atoms with Crippen molar-refractivity contribution >= 4 is 27.3 Å². The summed E-state index contributed by atoms with van der Waals surface area (Å²) in [5, 5.41) is 2.44. The molecule has 0 spiro atoms. The van der Waals surface area contributed by atoms with Crippen molar-refractivity contribution in [3.8, 4) is 0 Å². The number of nitrogens with one attached hydrogen (secondary N) is 1. The lowest BCUT2D eigenvalue weighted by molar-refractivity contribution is -0.147. The first-order chi connectivity index (χ1) is 11.6. The van der Waals surface area contributed by atoms with Crippen LogP contribution in [0.5, 0.6) is 0 Å². The standard InChI is InChI=1S/C17H23FN2O4S/c1-4-20(12-9-10-25(23,24)11-12)16(22)17(2,3)15(21)19-14-8-6-5-7-13(14)18/h5-8,12H,4,9-11H2,1-3H3,(H,19,21). The molecule has 2 rings (SSSR count). The first-order valence-corrected chi connectivity index (χ1v) is 9.98. The van der Waals surface area contributed by atoms with E-state index in [1.54, 1.807) is 13.0 Å². The highest BCUT2D eigenvalue weighted by atomic mass is 32.2. The fourth-order valence-electron chi connectivity index (χ4n) is 2.89. The first kappa shape index (κ1) is 19.4. The minimum Gasteiger partial charge on any atom is -0.338 e. The third-order valence-electron chi connectivity index (χ3n) is 4.48. The minimum atomic E-state index is -3.15. The van der Waals surface area contributed by atoms with Crippen molar-refractivity contribution in [2.45, 2.75) is 33.2 Å². The normalized spacial score (nSPS) is 19.4. The molecule has 6 nitrogen and oxygen atoms in total. The first-order valence-electron chi connectivity index (χ1n) is 8.16. The second kappa shape index (κ2) is 7.11. The van der Waals surface area contributed by atoms with E-state index in [1.165, 1.54) is 36.9 Å². The van der Waals surface area contributed by atoms with Gasteiger partial charge in [0.2, 0.25) is 11.8 Å². The Kier molecular flexibility index (Phi) is 5.51. The molecule has 1 saturated heterocycles. The van der Waals surface area contributed by atoms with Crippen LogP contribution in [0.25, 0.3) is 0 Å². The highest BCUT2D eigenvalue weighted by molar-refractivity contribution is 7.91. The zero-order chi connectivity index (χ0) is 18.8. The zero-order valence-corrected chi connectivity index (χ0v) is 15.4. The van der Waals surface area contributed by atoms with Gasteiger partial charge in [0.25, 0.3) is 0 Å². The largest absolute Gasteiger partial charge is 0.338 e. The Morgan fingerprint density at radius 1 is 1.32 bits per heavy atom. The van der Waals surface area contributed by atoms with Crippen molar-refractivity contribution in [1.29, 1.82) is 0 Å². The molecule has 1 atom stereocenters. The van der Waals surface area contributed by atoms with Gasteiger partial charge in [0.15, 0.2) is 9.84 Å². The van der Waals surface area contributed by atoms with Crippen molar-refractivity contribution in [3.05, 3.63) is 30.1 Å². The van der Waals surface area contributed by atoms with Gasteiger partial charge in [-0.05, 0) is 39.3 Å². The molecule has 1 aliphatic rings. The molecule has 1 unspecified atom stereocenters. The molecule has 2 amide bonds. The summed E-state index contributed by atoms with van der Waals surface area (Å²) in [6, 6.07) is 5.28. The molecule has 1 fully saturated rings. The average molecular weight is 370 g/mol. The van der Waals surface area contributed by atoms with Crippen LogP contribution in [-0.4, -0.2) is 49.2 Å². The maximum Gasteiger partial charge on any atom is 0.239 e. The van der Waals surface area contributed by atoms with Gasteiger partial charge in [-0.3, -0.25) is 9.59 Å². The molecular weight excluding hydrogens is 347 g/mol. The summed E-state index contributed by atoms with van der Waals surface area (Å²) in [5.41, 5.74) is -1.45. The molecule has 0 radical (unpaired) electrons. The van der Waals surface area contributed by atoms with E-state index in [1.807, 2.05) is 0 Å². The number of hydrogen-bond donors (Lipinski definition) is 1. The molecule has 1 aliphatic heterocycles. The van der Waals surface area contributed by atoms with Crippen molar-refractivity contribution in [3.63, 3.8) is 0 Å². The van der Waals surface area contributed by atoms with Crippen molar-refractivity contribution in [1.82, 2.24) is 4.90 Å². The summed E-state index contributed by atoms with van der Waals surface area (Å²) in [4.78, 5) is 26.9. The number of amides is 2. The molecule has 0 aromatic heterocycles. The summed E-state index contributed by atoms with van der Waals surface area (Å²) >= 11 is 0. The second-order valence-electron chi connectivity index (χ2n) is 6.71. The number of carbonyl (C=O) groups is 2. The lowest BCUT2D eigenvalue weighted by atomic mass is 9.89. The molecule has 1 heterocycles. The average Bonchev–Trinajstić information content (AvgIpc) is 2.90. The van der Waals surface area contributed by atoms with Gasteiger partial charge in [0.05, 0.1) is 17.2 Å². The summed E-state index contributed by atoms with van der Waals surface area (Å²) in [6.45, 7) is 4.96. The van der Waals surface area contributed by atoms with E-state index in [-0.39, 0.29) is 17.2 Å². The Balaban J connectivity index is 2.17. The number of sulfone groups is 1. The van der Waals surface area contributed by atoms with E-state index in [2.05, 4.69) is 5.32 Å². The number of hydrogen-bond acceptors (Lipinski definition) is 4. The molecular formula is C17H23FN2O4S. The van der Waals surface area contributed by atoms with E-state index in [4.69, 9.17) is 0 Å². The predicted octanol–water partition coefficient (Wildman–Crippen LogP) is 1.83. The van der Waals surface area contributed by atoms with Gasteiger partial charge in [-0.25, -0.2) is 12.8 Å². The fraction of sp³-hybridized carbons (Fsp3) is 0.529. The summed E-state index contributed by atoms with van der Waals surface area (Å²) < 4.78 is 37.1. The van der Waals surface area contributed by atoms with E-state index in [0.717, 1.165) is 0 Å². The molecule has 0 aliphatic carbocycles. The highest BCUT2D eigenvalue weighted by Crippen LogP contribution is 2.27. The number of para-hydroxylation sites is 1. The Bertz CT molecular complexity index is 777. The highest BCUT2D eigenvalue weighted by Gasteiger charge is 2.43. The Morgan fingerprint density at radius 2 is 1.96 bits per heavy atom. The predicted molar refractivity (Wildman–Crippen MR) is 93.3 cm³/mol. The van der Waals surface area contributed by atoms with Crippen molar-refractivity contribution < 1.29 is 22.4 Å². The van der Waals surface area contributed by atoms with E-state index in [0.29, 0.717) is 13.0 Å². The lowest BCUT2D eigenvalue weighted by Crippen LogP contribution is -2.51. The van der Waals surface area contributed by atoms with E-state index >= 15 is 0 Å². The van der Waals surface area contributed by atoms with E-state index < -0.39 is 38.9 Å². The van der Waals surface area contributed by atoms with Crippen molar-refractivity contribution in [2.75, 3.05) is 23.4 Å². The van der Waals surface area contributed by atoms with Crippen LogP contribution < -0.4 is 5.32 Å². The van der Waals surface area contributed by atoms with Gasteiger partial charge < -0.3 is 10.2 Å². The summed E-state index contributed by atoms with van der Waals surface area (Å²) in [6.07, 6.45) is 0.368. The molecule has 138 valence electrons. The van der Waals surface area contributed by atoms with Crippen LogP contribution in [0.4, 0.5) is 10.1 Å². The molecule has 1 aromatic rings. The smallest absolute Gasteiger partial charge is 0.239 e. The monoisotopic (exact) mass is 370 g/mol. The zero-order valence-electron chi connectivity index (χ0n) is 14.6. The van der Waals surface area contributed by atoms with Gasteiger partial charge in [-0.2, -0.15) is 0 Å². The Morgan fingerprint density at radius 3 is 2.48 bits per heavy atom. The van der Waals surface area contributed by atoms with Gasteiger partial charge in [0.1, 0.15) is 11.2 Å². The van der Waals surface area contributed by atoms with Crippen LogP contribution >= 0.6 is 0 Å². The van der Waals surface area contributed by atoms with Crippen LogP contribution in [0.15, 0.2) is 24.3 Å². The Hall–Kier alpha value is -1.96. The maximum atomic E-state index is 13.7. The number of rotatable bonds is 5. The number of nitrogens with zero attached hydrogens (tertiary/aromatic N) is 1. The summed E-state index contributed by atoms with van der Waals surface area (Å²) in [5.74, 6) is -1.73. The molecule has 0 bridgehead atoms. The van der Waals surface area contributed by atoms with Gasteiger partial charge in [-0.15, -0.1) is 0 Å². The summed E-state index contributed by atoms with van der Waals surface area (Å²) in [7, 11) is -3.15. The van der Waals surface area contributed by atoms with Crippen LogP contribution in [0, 0.1) is 11.2 Å². The molecule has 8 heteroatoms. The topological polar surface area (TPSA) is 83.6 Å². The minimum absolute atomic E-state index is 0.000123. The SMILES string of the molecule is CCN(C(=O)C(C)(C)C(=O)Nc1ccccc1F)C1CCS(=O)(=O)C1. The Labute approximate surface area is 147 Å². The van der Waals surface area contributed by atoms with Gasteiger partial charge >= 0.3 is 0 Å². The van der Waals surface area contributed by atoms with Crippen LogP contribution in [0.1, 0.15) is 27.2 Å². The molecule has 25 heavy (non-hydrogen) atoms. The number of halogens is 1. The number of carbonyl (C=O) groups excluding carboxylic acids is 2. The fourth-order valence-corrected chi connectivity index (χ4v) is 4.62. The van der Waals surface area contributed by atoms with Gasteiger partial charge in [0, 0.05) is 12.6 Å². The molecule has 1 N–H and O–H groups in total. The maximum absolute atomic E-state index is 13.7. The number of benzene rings is 1. The van der Waals surface area contributed by atoms with E-state index in [9.17, 15) is 22.4 Å². The molecule has 1 aromatic carbocycles. The second-order valence-corrected chi connectivity index (χ2v) is 8.94. The quantitative estimate of drug-likeness (QED) is 0.802. The van der Waals surface area contributed by atoms with Crippen LogP contribution in [0.2, 0.25) is 0 Å². The third kappa shape index (κ3) is 4.18. The number of anilines is 1. The van der Waals surface area contributed by atoms with Gasteiger partial charge in [-0.1, -0.05) is 12.1 Å². The van der Waals surface area contributed by atoms with Crippen molar-refractivity contribution in [2.24, 2.45) is 5.41 Å².